The molecule has 0 atom stereocenters. The molecule has 112 valence electrons. The van der Waals surface area contributed by atoms with Gasteiger partial charge in [0.2, 0.25) is 0 Å². The monoisotopic (exact) mass is 314 g/mol. The Labute approximate surface area is 134 Å². The number of aryl methyl sites for hydroxylation is 2. The first-order chi connectivity index (χ1) is 10.5. The summed E-state index contributed by atoms with van der Waals surface area (Å²) in [7, 11) is 0. The summed E-state index contributed by atoms with van der Waals surface area (Å²) in [4.78, 5) is 11.9. The number of hydrogen-bond donors (Lipinski definition) is 1. The maximum absolute atomic E-state index is 11.9. The van der Waals surface area contributed by atoms with Gasteiger partial charge in [-0.1, -0.05) is 29.3 Å². The Bertz CT molecular complexity index is 751. The molecule has 0 saturated heterocycles. The molecule has 0 heterocycles. The van der Waals surface area contributed by atoms with Gasteiger partial charge in [-0.3, -0.25) is 4.79 Å². The summed E-state index contributed by atoms with van der Waals surface area (Å²) in [6.45, 7) is 3.77. The number of rotatable bonds is 4. The van der Waals surface area contributed by atoms with E-state index in [0.717, 1.165) is 16.8 Å². The van der Waals surface area contributed by atoms with E-state index in [4.69, 9.17) is 21.6 Å². The molecule has 1 N–H and O–H groups in total. The third kappa shape index (κ3) is 4.00. The lowest BCUT2D eigenvalue weighted by Crippen LogP contribution is -2.20. The van der Waals surface area contributed by atoms with Crippen LogP contribution in [0.3, 0.4) is 0 Å². The minimum atomic E-state index is -0.271. The molecule has 4 nitrogen and oxygen atoms in total. The average Bonchev–Trinajstić information content (AvgIpc) is 2.48. The van der Waals surface area contributed by atoms with Gasteiger partial charge in [0.05, 0.1) is 16.7 Å². The van der Waals surface area contributed by atoms with Crippen LogP contribution in [0.1, 0.15) is 16.7 Å². The van der Waals surface area contributed by atoms with Crippen molar-refractivity contribution in [3.63, 3.8) is 0 Å². The number of carbonyl (C=O) groups is 1. The predicted molar refractivity (Wildman–Crippen MR) is 86.2 cm³/mol. The van der Waals surface area contributed by atoms with Gasteiger partial charge >= 0.3 is 0 Å². The normalized spacial score (nSPS) is 9.91. The summed E-state index contributed by atoms with van der Waals surface area (Å²) in [5.41, 5.74) is 3.32. The third-order valence-electron chi connectivity index (χ3n) is 3.08. The number of ether oxygens (including phenoxy) is 1. The van der Waals surface area contributed by atoms with Crippen molar-refractivity contribution < 1.29 is 9.53 Å². The van der Waals surface area contributed by atoms with Crippen LogP contribution in [-0.4, -0.2) is 12.5 Å². The van der Waals surface area contributed by atoms with E-state index in [1.54, 1.807) is 12.1 Å². The molecule has 0 aliphatic rings. The highest BCUT2D eigenvalue weighted by Gasteiger charge is 2.08. The summed E-state index contributed by atoms with van der Waals surface area (Å²) < 4.78 is 5.38. The quantitative estimate of drug-likeness (QED) is 0.932. The van der Waals surface area contributed by atoms with Crippen molar-refractivity contribution in [3.8, 4) is 11.8 Å². The van der Waals surface area contributed by atoms with Crippen LogP contribution in [0.2, 0.25) is 5.02 Å². The highest BCUT2D eigenvalue weighted by molar-refractivity contribution is 6.32. The number of carbonyl (C=O) groups excluding carboxylic acids is 1. The highest BCUT2D eigenvalue weighted by Crippen LogP contribution is 2.25. The molecule has 0 unspecified atom stereocenters. The molecule has 0 bridgehead atoms. The largest absolute Gasteiger partial charge is 0.482 e. The molecular formula is C17H15ClN2O2. The minimum absolute atomic E-state index is 0.154. The molecule has 2 rings (SSSR count). The van der Waals surface area contributed by atoms with E-state index in [2.05, 4.69) is 5.32 Å². The lowest BCUT2D eigenvalue weighted by molar-refractivity contribution is -0.118. The second-order valence-electron chi connectivity index (χ2n) is 4.91. The van der Waals surface area contributed by atoms with Crippen molar-refractivity contribution in [1.82, 2.24) is 0 Å². The van der Waals surface area contributed by atoms with E-state index < -0.39 is 0 Å². The fraction of sp³-hybridized carbons (Fsp3) is 0.176. The maximum atomic E-state index is 11.9. The Hall–Kier alpha value is -2.51. The topological polar surface area (TPSA) is 62.1 Å². The van der Waals surface area contributed by atoms with E-state index in [1.165, 1.54) is 6.07 Å². The molecular weight excluding hydrogens is 300 g/mol. The molecule has 1 amide bonds. The van der Waals surface area contributed by atoms with Crippen LogP contribution >= 0.6 is 11.6 Å². The smallest absolute Gasteiger partial charge is 0.262 e. The first kappa shape index (κ1) is 15.9. The number of hydrogen-bond acceptors (Lipinski definition) is 3. The van der Waals surface area contributed by atoms with Crippen molar-refractivity contribution in [2.24, 2.45) is 0 Å². The predicted octanol–water partition coefficient (Wildman–Crippen LogP) is 3.85. The molecule has 0 radical (unpaired) electrons. The second-order valence-corrected chi connectivity index (χ2v) is 5.32. The molecule has 0 saturated carbocycles. The van der Waals surface area contributed by atoms with Gasteiger partial charge in [0.15, 0.2) is 6.61 Å². The van der Waals surface area contributed by atoms with Gasteiger partial charge in [-0.05, 0) is 43.7 Å². The van der Waals surface area contributed by atoms with Crippen molar-refractivity contribution in [2.75, 3.05) is 11.9 Å². The number of benzene rings is 2. The van der Waals surface area contributed by atoms with Crippen molar-refractivity contribution >= 4 is 23.2 Å². The van der Waals surface area contributed by atoms with Gasteiger partial charge in [-0.25, -0.2) is 0 Å². The van der Waals surface area contributed by atoms with E-state index >= 15 is 0 Å². The molecule has 5 heteroatoms. The lowest BCUT2D eigenvalue weighted by Gasteiger charge is -2.11. The maximum Gasteiger partial charge on any atom is 0.262 e. The fourth-order valence-electron chi connectivity index (χ4n) is 1.97. The van der Waals surface area contributed by atoms with Gasteiger partial charge in [0, 0.05) is 5.69 Å². The van der Waals surface area contributed by atoms with E-state index in [0.29, 0.717) is 16.3 Å². The molecule has 2 aromatic carbocycles. The zero-order valence-electron chi connectivity index (χ0n) is 12.3. The van der Waals surface area contributed by atoms with Gasteiger partial charge < -0.3 is 10.1 Å². The SMILES string of the molecule is Cc1ccc(NC(=O)COc2ccc(C#N)cc2Cl)c(C)c1. The van der Waals surface area contributed by atoms with Crippen LogP contribution in [0.4, 0.5) is 5.69 Å². The van der Waals surface area contributed by atoms with Crippen LogP contribution in [0.5, 0.6) is 5.75 Å². The summed E-state index contributed by atoms with van der Waals surface area (Å²) in [6.07, 6.45) is 0. The lowest BCUT2D eigenvalue weighted by atomic mass is 10.1. The van der Waals surface area contributed by atoms with Crippen LogP contribution < -0.4 is 10.1 Å². The van der Waals surface area contributed by atoms with Gasteiger partial charge in [0.1, 0.15) is 5.75 Å². The minimum Gasteiger partial charge on any atom is -0.482 e. The molecule has 0 aliphatic carbocycles. The molecule has 0 aromatic heterocycles. The molecule has 2 aromatic rings. The Balaban J connectivity index is 1.97. The zero-order valence-corrected chi connectivity index (χ0v) is 13.1. The number of nitriles is 1. The van der Waals surface area contributed by atoms with Gasteiger partial charge in [-0.2, -0.15) is 5.26 Å². The van der Waals surface area contributed by atoms with Crippen LogP contribution in [-0.2, 0) is 4.79 Å². The summed E-state index contributed by atoms with van der Waals surface area (Å²) >= 11 is 5.99. The molecule has 22 heavy (non-hydrogen) atoms. The standard InChI is InChI=1S/C17H15ClN2O2/c1-11-3-5-15(12(2)7-11)20-17(21)10-22-16-6-4-13(9-19)8-14(16)18/h3-8H,10H2,1-2H3,(H,20,21). The van der Waals surface area contributed by atoms with E-state index in [9.17, 15) is 4.79 Å². The van der Waals surface area contributed by atoms with Crippen molar-refractivity contribution in [1.29, 1.82) is 5.26 Å². The summed E-state index contributed by atoms with van der Waals surface area (Å²) in [6, 6.07) is 12.4. The number of nitrogens with zero attached hydrogens (tertiary/aromatic N) is 1. The van der Waals surface area contributed by atoms with E-state index in [-0.39, 0.29) is 12.5 Å². The Morgan fingerprint density at radius 3 is 2.68 bits per heavy atom. The fourth-order valence-corrected chi connectivity index (χ4v) is 2.21. The van der Waals surface area contributed by atoms with Gasteiger partial charge in [0.25, 0.3) is 5.91 Å². The number of anilines is 1. The van der Waals surface area contributed by atoms with Crippen LogP contribution in [0, 0.1) is 25.2 Å². The Morgan fingerprint density at radius 2 is 2.05 bits per heavy atom. The second kappa shape index (κ2) is 6.97. The number of halogens is 1. The van der Waals surface area contributed by atoms with Crippen LogP contribution in [0.25, 0.3) is 0 Å². The third-order valence-corrected chi connectivity index (χ3v) is 3.37. The average molecular weight is 315 g/mol. The van der Waals surface area contributed by atoms with Gasteiger partial charge in [-0.15, -0.1) is 0 Å². The Kier molecular flexibility index (Phi) is 5.03. The molecule has 0 spiro atoms. The number of nitrogens with one attached hydrogen (secondary N) is 1. The summed E-state index contributed by atoms with van der Waals surface area (Å²) in [5.74, 6) is 0.101. The van der Waals surface area contributed by atoms with E-state index in [1.807, 2.05) is 38.1 Å². The molecule has 0 fully saturated rings. The first-order valence-electron chi connectivity index (χ1n) is 6.69. The van der Waals surface area contributed by atoms with Crippen molar-refractivity contribution in [3.05, 3.63) is 58.1 Å². The highest BCUT2D eigenvalue weighted by atomic mass is 35.5. The zero-order chi connectivity index (χ0) is 16.1. The van der Waals surface area contributed by atoms with Crippen LogP contribution in [0.15, 0.2) is 36.4 Å². The van der Waals surface area contributed by atoms with Crippen molar-refractivity contribution in [2.45, 2.75) is 13.8 Å². The molecule has 0 aliphatic heterocycles. The summed E-state index contributed by atoms with van der Waals surface area (Å²) in [5, 5.41) is 11.9. The first-order valence-corrected chi connectivity index (χ1v) is 7.07. The number of amides is 1. The Morgan fingerprint density at radius 1 is 1.27 bits per heavy atom.